The third-order valence-corrected chi connectivity index (χ3v) is 4.33. The first-order valence-corrected chi connectivity index (χ1v) is 9.44. The Bertz CT molecular complexity index is 1050. The van der Waals surface area contributed by atoms with Gasteiger partial charge in [-0.2, -0.15) is 14.9 Å². The largest absolute Gasteiger partial charge is 0.497 e. The zero-order chi connectivity index (χ0) is 20.6. The van der Waals surface area contributed by atoms with Gasteiger partial charge in [-0.15, -0.1) is 0 Å². The number of hydrogen-bond donors (Lipinski definition) is 1. The van der Waals surface area contributed by atoms with Gasteiger partial charge in [-0.1, -0.05) is 30.7 Å². The van der Waals surface area contributed by atoms with E-state index in [1.165, 1.54) is 10.9 Å². The number of methoxy groups -OCH3 is 1. The van der Waals surface area contributed by atoms with E-state index in [0.717, 1.165) is 17.7 Å². The molecule has 0 fully saturated rings. The normalized spacial score (nSPS) is 10.9. The third kappa shape index (κ3) is 5.14. The summed E-state index contributed by atoms with van der Waals surface area (Å²) in [5.41, 5.74) is 4.06. The Morgan fingerprint density at radius 1 is 1.21 bits per heavy atom. The molecule has 0 amide bonds. The molecule has 1 aromatic heterocycles. The Labute approximate surface area is 173 Å². The molecule has 0 saturated heterocycles. The van der Waals surface area contributed by atoms with Crippen molar-refractivity contribution < 1.29 is 9.47 Å². The van der Waals surface area contributed by atoms with Crippen molar-refractivity contribution in [3.8, 4) is 17.2 Å². The number of halogens is 1. The van der Waals surface area contributed by atoms with Crippen molar-refractivity contribution in [2.45, 2.75) is 13.3 Å². The second-order valence-corrected chi connectivity index (χ2v) is 6.46. The molecule has 0 spiro atoms. The van der Waals surface area contributed by atoms with Gasteiger partial charge < -0.3 is 9.47 Å². The molecule has 1 N–H and O–H groups in total. The summed E-state index contributed by atoms with van der Waals surface area (Å²) in [6.07, 6.45) is 4.00. The first kappa shape index (κ1) is 20.4. The maximum Gasteiger partial charge on any atom is 0.292 e. The summed E-state index contributed by atoms with van der Waals surface area (Å²) in [7, 11) is 1.58. The van der Waals surface area contributed by atoms with Crippen LogP contribution in [0.5, 0.6) is 11.5 Å². The summed E-state index contributed by atoms with van der Waals surface area (Å²) in [5.74, 6) is 1.46. The minimum Gasteiger partial charge on any atom is -0.497 e. The van der Waals surface area contributed by atoms with Gasteiger partial charge in [0.05, 0.1) is 31.8 Å². The molecule has 1 heterocycles. The van der Waals surface area contributed by atoms with Gasteiger partial charge in [0.1, 0.15) is 22.2 Å². The van der Waals surface area contributed by atoms with E-state index in [4.69, 9.17) is 21.1 Å². The van der Waals surface area contributed by atoms with Crippen molar-refractivity contribution in [2.24, 2.45) is 5.10 Å². The molecule has 0 aliphatic rings. The third-order valence-electron chi connectivity index (χ3n) is 3.97. The van der Waals surface area contributed by atoms with Gasteiger partial charge in [-0.25, -0.2) is 0 Å². The van der Waals surface area contributed by atoms with Crippen molar-refractivity contribution in [3.05, 3.63) is 75.7 Å². The first-order chi connectivity index (χ1) is 14.1. The number of benzene rings is 2. The maximum absolute atomic E-state index is 12.6. The average molecular weight is 413 g/mol. The van der Waals surface area contributed by atoms with Crippen LogP contribution in [-0.4, -0.2) is 29.7 Å². The van der Waals surface area contributed by atoms with Crippen molar-refractivity contribution in [1.82, 2.24) is 9.78 Å². The molecule has 8 heteroatoms. The second-order valence-electron chi connectivity index (χ2n) is 6.08. The molecule has 150 valence electrons. The fourth-order valence-corrected chi connectivity index (χ4v) is 2.67. The summed E-state index contributed by atoms with van der Waals surface area (Å²) in [6.45, 7) is 2.71. The van der Waals surface area contributed by atoms with Crippen molar-refractivity contribution in [2.75, 3.05) is 19.1 Å². The van der Waals surface area contributed by atoms with E-state index in [0.29, 0.717) is 23.7 Å². The van der Waals surface area contributed by atoms with Gasteiger partial charge in [-0.05, 0) is 48.4 Å². The minimum absolute atomic E-state index is 0.00648. The predicted octanol–water partition coefficient (Wildman–Crippen LogP) is 4.13. The molecule has 0 bridgehead atoms. The van der Waals surface area contributed by atoms with Gasteiger partial charge in [0.15, 0.2) is 0 Å². The molecule has 0 atom stereocenters. The van der Waals surface area contributed by atoms with Crippen LogP contribution in [0.2, 0.25) is 5.02 Å². The number of rotatable bonds is 8. The zero-order valence-corrected chi connectivity index (χ0v) is 16.9. The summed E-state index contributed by atoms with van der Waals surface area (Å²) in [5, 5.41) is 8.29. The van der Waals surface area contributed by atoms with Crippen LogP contribution in [0.15, 0.2) is 64.6 Å². The van der Waals surface area contributed by atoms with Crippen LogP contribution in [0.1, 0.15) is 18.9 Å². The molecule has 0 aliphatic carbocycles. The summed E-state index contributed by atoms with van der Waals surface area (Å²) in [4.78, 5) is 12.6. The molecule has 29 heavy (non-hydrogen) atoms. The molecular weight excluding hydrogens is 392 g/mol. The zero-order valence-electron chi connectivity index (χ0n) is 16.1. The van der Waals surface area contributed by atoms with Gasteiger partial charge >= 0.3 is 0 Å². The van der Waals surface area contributed by atoms with E-state index >= 15 is 0 Å². The Kier molecular flexibility index (Phi) is 6.86. The molecule has 0 saturated carbocycles. The summed E-state index contributed by atoms with van der Waals surface area (Å²) < 4.78 is 11.9. The van der Waals surface area contributed by atoms with Gasteiger partial charge in [0.25, 0.3) is 5.56 Å². The van der Waals surface area contributed by atoms with Gasteiger partial charge in [0.2, 0.25) is 0 Å². The van der Waals surface area contributed by atoms with Crippen LogP contribution in [0.3, 0.4) is 0 Å². The number of aromatic nitrogens is 2. The molecule has 0 aliphatic heterocycles. The van der Waals surface area contributed by atoms with E-state index in [9.17, 15) is 4.79 Å². The van der Waals surface area contributed by atoms with E-state index in [1.54, 1.807) is 37.6 Å². The van der Waals surface area contributed by atoms with Crippen LogP contribution in [0, 0.1) is 0 Å². The lowest BCUT2D eigenvalue weighted by Crippen LogP contribution is -2.22. The van der Waals surface area contributed by atoms with Crippen LogP contribution < -0.4 is 20.5 Å². The fourth-order valence-electron chi connectivity index (χ4n) is 2.50. The lowest BCUT2D eigenvalue weighted by molar-refractivity contribution is 0.317. The highest BCUT2D eigenvalue weighted by Crippen LogP contribution is 2.18. The lowest BCUT2D eigenvalue weighted by Gasteiger charge is -2.08. The second kappa shape index (κ2) is 9.75. The van der Waals surface area contributed by atoms with E-state index < -0.39 is 5.56 Å². The Morgan fingerprint density at radius 2 is 2.00 bits per heavy atom. The Morgan fingerprint density at radius 3 is 2.72 bits per heavy atom. The van der Waals surface area contributed by atoms with Gasteiger partial charge in [-0.3, -0.25) is 10.2 Å². The monoisotopic (exact) mass is 412 g/mol. The molecule has 0 unspecified atom stereocenters. The summed E-state index contributed by atoms with van der Waals surface area (Å²) >= 11 is 6.22. The number of hydrazone groups is 1. The van der Waals surface area contributed by atoms with Crippen LogP contribution in [0.4, 0.5) is 5.69 Å². The fraction of sp³-hybridized carbons (Fsp3) is 0.190. The number of anilines is 1. The molecule has 3 rings (SSSR count). The topological polar surface area (TPSA) is 77.7 Å². The molecule has 2 aromatic carbocycles. The quantitative estimate of drug-likeness (QED) is 0.444. The highest BCUT2D eigenvalue weighted by atomic mass is 35.5. The van der Waals surface area contributed by atoms with Crippen LogP contribution >= 0.6 is 11.6 Å². The predicted molar refractivity (Wildman–Crippen MR) is 115 cm³/mol. The number of nitrogens with one attached hydrogen (secondary N) is 1. The average Bonchev–Trinajstić information content (AvgIpc) is 2.76. The summed E-state index contributed by atoms with van der Waals surface area (Å²) in [6, 6.07) is 14.5. The molecule has 0 radical (unpaired) electrons. The van der Waals surface area contributed by atoms with Crippen molar-refractivity contribution in [1.29, 1.82) is 0 Å². The van der Waals surface area contributed by atoms with E-state index in [2.05, 4.69) is 22.5 Å². The minimum atomic E-state index is -0.452. The smallest absolute Gasteiger partial charge is 0.292 e. The highest BCUT2D eigenvalue weighted by molar-refractivity contribution is 6.32. The van der Waals surface area contributed by atoms with E-state index in [-0.39, 0.29) is 5.02 Å². The van der Waals surface area contributed by atoms with Crippen molar-refractivity contribution in [3.63, 3.8) is 0 Å². The van der Waals surface area contributed by atoms with E-state index in [1.807, 2.05) is 24.3 Å². The Hall–Kier alpha value is -3.32. The lowest BCUT2D eigenvalue weighted by atomic mass is 10.2. The SMILES string of the molecule is CCCOc1cccc(/C=N\Nc2cnn(-c3ccc(OC)cc3)c(=O)c2Cl)c1. The number of ether oxygens (including phenoxy) is 2. The van der Waals surface area contributed by atoms with Crippen LogP contribution in [-0.2, 0) is 0 Å². The maximum atomic E-state index is 12.6. The Balaban J connectivity index is 1.74. The van der Waals surface area contributed by atoms with Crippen LogP contribution in [0.25, 0.3) is 5.69 Å². The standard InChI is InChI=1S/C21H21ClN4O3/c1-3-11-29-18-6-4-5-15(12-18)13-23-25-19-14-24-26(21(27)20(19)22)16-7-9-17(28-2)10-8-16/h4-10,12-14,25H,3,11H2,1-2H3/b23-13-. The molecular formula is C21H21ClN4O3. The molecule has 7 nitrogen and oxygen atoms in total. The highest BCUT2D eigenvalue weighted by Gasteiger charge is 2.10. The van der Waals surface area contributed by atoms with Gasteiger partial charge in [0, 0.05) is 0 Å². The number of hydrogen-bond acceptors (Lipinski definition) is 6. The number of nitrogens with zero attached hydrogens (tertiary/aromatic N) is 3. The first-order valence-electron chi connectivity index (χ1n) is 9.06. The van der Waals surface area contributed by atoms with Crippen molar-refractivity contribution >= 4 is 23.5 Å². The molecule has 3 aromatic rings.